The van der Waals surface area contributed by atoms with Crippen molar-refractivity contribution in [1.29, 1.82) is 0 Å². The highest BCUT2D eigenvalue weighted by Gasteiger charge is 2.36. The molecule has 3 aromatic rings. The fourth-order valence-corrected chi connectivity index (χ4v) is 3.81. The Morgan fingerprint density at radius 1 is 0.903 bits per heavy atom. The van der Waals surface area contributed by atoms with Crippen LogP contribution in [0.1, 0.15) is 6.42 Å². The third-order valence-corrected chi connectivity index (χ3v) is 5.67. The predicted molar refractivity (Wildman–Crippen MR) is 124 cm³/mol. The summed E-state index contributed by atoms with van der Waals surface area (Å²) in [5.41, 5.74) is 1.12. The van der Waals surface area contributed by atoms with Crippen LogP contribution in [0.5, 0.6) is 11.5 Å². The van der Waals surface area contributed by atoms with E-state index in [0.29, 0.717) is 37.9 Å². The highest BCUT2D eigenvalue weighted by molar-refractivity contribution is 6.36. The molecule has 2 amide bonds. The van der Waals surface area contributed by atoms with Crippen LogP contribution >= 0.6 is 34.8 Å². The molecule has 0 saturated carbocycles. The maximum atomic E-state index is 12.7. The van der Waals surface area contributed by atoms with Crippen LogP contribution in [0, 0.1) is 5.92 Å². The third kappa shape index (κ3) is 5.13. The first-order valence-corrected chi connectivity index (χ1v) is 10.6. The van der Waals surface area contributed by atoms with Gasteiger partial charge in [0, 0.05) is 28.7 Å². The normalized spacial score (nSPS) is 15.8. The van der Waals surface area contributed by atoms with Gasteiger partial charge < -0.3 is 15.0 Å². The van der Waals surface area contributed by atoms with Crippen molar-refractivity contribution in [2.24, 2.45) is 5.92 Å². The molecule has 1 atom stereocenters. The Morgan fingerprint density at radius 3 is 2.19 bits per heavy atom. The predicted octanol–water partition coefficient (Wildman–Crippen LogP) is 6.43. The lowest BCUT2D eigenvalue weighted by atomic mass is 10.1. The van der Waals surface area contributed by atoms with Gasteiger partial charge >= 0.3 is 0 Å². The number of amides is 2. The summed E-state index contributed by atoms with van der Waals surface area (Å²) in [6, 6.07) is 18.9. The molecule has 0 unspecified atom stereocenters. The van der Waals surface area contributed by atoms with Crippen LogP contribution < -0.4 is 15.0 Å². The van der Waals surface area contributed by atoms with Crippen molar-refractivity contribution < 1.29 is 14.3 Å². The number of nitrogens with one attached hydrogen (secondary N) is 1. The minimum absolute atomic E-state index is 0.104. The number of benzene rings is 3. The van der Waals surface area contributed by atoms with E-state index in [2.05, 4.69) is 5.32 Å². The summed E-state index contributed by atoms with van der Waals surface area (Å²) in [5.74, 6) is 0.382. The van der Waals surface area contributed by atoms with Crippen LogP contribution in [0.25, 0.3) is 0 Å². The van der Waals surface area contributed by atoms with Gasteiger partial charge in [0.25, 0.3) is 0 Å². The number of rotatable bonds is 5. The van der Waals surface area contributed by atoms with Crippen molar-refractivity contribution in [2.75, 3.05) is 16.8 Å². The Bertz CT molecular complexity index is 1120. The largest absolute Gasteiger partial charge is 0.457 e. The van der Waals surface area contributed by atoms with Gasteiger partial charge in [-0.3, -0.25) is 9.59 Å². The minimum atomic E-state index is -0.493. The van der Waals surface area contributed by atoms with E-state index < -0.39 is 5.92 Å². The molecule has 1 saturated heterocycles. The fraction of sp³-hybridized carbons (Fsp3) is 0.130. The quantitative estimate of drug-likeness (QED) is 0.462. The average Bonchev–Trinajstić information content (AvgIpc) is 3.14. The number of ether oxygens (including phenoxy) is 1. The van der Waals surface area contributed by atoms with Gasteiger partial charge in [-0.15, -0.1) is 0 Å². The van der Waals surface area contributed by atoms with Crippen molar-refractivity contribution in [2.45, 2.75) is 6.42 Å². The molecule has 5 nitrogen and oxygen atoms in total. The molecule has 0 aliphatic carbocycles. The van der Waals surface area contributed by atoms with E-state index in [1.807, 2.05) is 0 Å². The molecule has 1 aliphatic rings. The molecule has 0 bridgehead atoms. The first-order valence-electron chi connectivity index (χ1n) is 9.49. The molecule has 3 aromatic carbocycles. The van der Waals surface area contributed by atoms with E-state index in [4.69, 9.17) is 39.5 Å². The Balaban J connectivity index is 1.38. The zero-order valence-electron chi connectivity index (χ0n) is 16.1. The van der Waals surface area contributed by atoms with Gasteiger partial charge in [0.2, 0.25) is 11.8 Å². The van der Waals surface area contributed by atoms with Gasteiger partial charge in [-0.25, -0.2) is 0 Å². The molecule has 1 N–H and O–H groups in total. The van der Waals surface area contributed by atoms with Gasteiger partial charge in [0.05, 0.1) is 16.6 Å². The smallest absolute Gasteiger partial charge is 0.229 e. The lowest BCUT2D eigenvalue weighted by Crippen LogP contribution is -2.28. The lowest BCUT2D eigenvalue weighted by molar-refractivity contribution is -0.122. The van der Waals surface area contributed by atoms with Gasteiger partial charge in [-0.1, -0.05) is 34.8 Å². The highest BCUT2D eigenvalue weighted by atomic mass is 35.5. The summed E-state index contributed by atoms with van der Waals surface area (Å²) in [6.45, 7) is 0.239. The summed E-state index contributed by atoms with van der Waals surface area (Å²) < 4.78 is 5.75. The first-order chi connectivity index (χ1) is 14.9. The van der Waals surface area contributed by atoms with Crippen LogP contribution in [0.4, 0.5) is 11.4 Å². The second kappa shape index (κ2) is 9.18. The van der Waals surface area contributed by atoms with Crippen molar-refractivity contribution in [1.82, 2.24) is 0 Å². The molecule has 1 aliphatic heterocycles. The second-order valence-corrected chi connectivity index (χ2v) is 8.35. The number of carbonyl (C=O) groups excluding carboxylic acids is 2. The second-order valence-electron chi connectivity index (χ2n) is 7.07. The average molecular weight is 476 g/mol. The van der Waals surface area contributed by atoms with Crippen molar-refractivity contribution in [3.8, 4) is 11.5 Å². The van der Waals surface area contributed by atoms with Crippen LogP contribution in [0.2, 0.25) is 15.1 Å². The molecular formula is C23H17Cl3N2O3. The van der Waals surface area contributed by atoms with Gasteiger partial charge in [0.15, 0.2) is 0 Å². The fourth-order valence-electron chi connectivity index (χ4n) is 3.30. The Labute approximate surface area is 194 Å². The van der Waals surface area contributed by atoms with Crippen LogP contribution in [-0.4, -0.2) is 18.4 Å². The summed E-state index contributed by atoms with van der Waals surface area (Å²) in [6.07, 6.45) is 0.104. The van der Waals surface area contributed by atoms with E-state index >= 15 is 0 Å². The molecule has 1 fully saturated rings. The van der Waals surface area contributed by atoms with E-state index in [1.165, 1.54) is 4.90 Å². The highest BCUT2D eigenvalue weighted by Crippen LogP contribution is 2.34. The third-order valence-electron chi connectivity index (χ3n) is 4.87. The van der Waals surface area contributed by atoms with Crippen molar-refractivity contribution in [3.63, 3.8) is 0 Å². The molecular weight excluding hydrogens is 459 g/mol. The summed E-state index contributed by atoms with van der Waals surface area (Å²) in [7, 11) is 0. The van der Waals surface area contributed by atoms with Gasteiger partial charge in [-0.05, 0) is 66.7 Å². The lowest BCUT2D eigenvalue weighted by Gasteiger charge is -2.18. The van der Waals surface area contributed by atoms with Crippen molar-refractivity contribution >= 4 is 58.0 Å². The standard InChI is InChI=1S/C23H17Cl3N2O3/c24-15-1-6-18(7-2-15)31-19-8-4-17(5-9-19)27-23(30)14-11-22(29)28(13-14)21-12-16(25)3-10-20(21)26/h1-10,12,14H,11,13H2,(H,27,30)/t14-/m1/s1. The number of hydrogen-bond acceptors (Lipinski definition) is 3. The molecule has 0 aromatic heterocycles. The van der Waals surface area contributed by atoms with Crippen LogP contribution in [0.15, 0.2) is 66.7 Å². The molecule has 31 heavy (non-hydrogen) atoms. The zero-order valence-corrected chi connectivity index (χ0v) is 18.4. The Kier molecular flexibility index (Phi) is 6.37. The molecule has 4 rings (SSSR count). The van der Waals surface area contributed by atoms with Gasteiger partial charge in [-0.2, -0.15) is 0 Å². The minimum Gasteiger partial charge on any atom is -0.457 e. The molecule has 0 radical (unpaired) electrons. The Morgan fingerprint density at radius 2 is 1.52 bits per heavy atom. The number of hydrogen-bond donors (Lipinski definition) is 1. The molecule has 158 valence electrons. The molecule has 1 heterocycles. The van der Waals surface area contributed by atoms with E-state index in [-0.39, 0.29) is 24.8 Å². The topological polar surface area (TPSA) is 58.6 Å². The number of halogens is 3. The van der Waals surface area contributed by atoms with Crippen LogP contribution in [-0.2, 0) is 9.59 Å². The monoisotopic (exact) mass is 474 g/mol. The summed E-state index contributed by atoms with van der Waals surface area (Å²) in [5, 5.41) is 4.37. The SMILES string of the molecule is O=C(Nc1ccc(Oc2ccc(Cl)cc2)cc1)[C@@H]1CC(=O)N(c2cc(Cl)ccc2Cl)C1. The van der Waals surface area contributed by atoms with E-state index in [1.54, 1.807) is 66.7 Å². The maximum Gasteiger partial charge on any atom is 0.229 e. The summed E-state index contributed by atoms with van der Waals surface area (Å²) >= 11 is 18.1. The molecule has 0 spiro atoms. The summed E-state index contributed by atoms with van der Waals surface area (Å²) in [4.78, 5) is 26.7. The Hall–Kier alpha value is -2.73. The maximum absolute atomic E-state index is 12.7. The number of carbonyl (C=O) groups is 2. The molecule has 8 heteroatoms. The van der Waals surface area contributed by atoms with Crippen LogP contribution in [0.3, 0.4) is 0 Å². The zero-order chi connectivity index (χ0) is 22.0. The number of anilines is 2. The van der Waals surface area contributed by atoms with E-state index in [0.717, 1.165) is 0 Å². The van der Waals surface area contributed by atoms with E-state index in [9.17, 15) is 9.59 Å². The number of nitrogens with zero attached hydrogens (tertiary/aromatic N) is 1. The first kappa shape index (κ1) is 21.5. The van der Waals surface area contributed by atoms with Gasteiger partial charge in [0.1, 0.15) is 11.5 Å². The van der Waals surface area contributed by atoms with Crippen molar-refractivity contribution in [3.05, 3.63) is 81.8 Å².